The average Bonchev–Trinajstić information content (AvgIpc) is 2.74. The lowest BCUT2D eigenvalue weighted by Gasteiger charge is -2.11. The Morgan fingerprint density at radius 1 is 1.53 bits per heavy atom. The number of nitrogens with zero attached hydrogens (tertiary/aromatic N) is 2. The van der Waals surface area contributed by atoms with Crippen molar-refractivity contribution in [2.45, 2.75) is 51.2 Å². The van der Waals surface area contributed by atoms with Crippen LogP contribution in [0.25, 0.3) is 0 Å². The molecule has 1 amide bonds. The third kappa shape index (κ3) is 5.21. The fourth-order valence-electron chi connectivity index (χ4n) is 1.45. The highest BCUT2D eigenvalue weighted by molar-refractivity contribution is 7.99. The number of aromatic amines is 1. The first-order valence-corrected chi connectivity index (χ1v) is 6.97. The molecular weight excluding hydrogens is 236 g/mol. The zero-order valence-corrected chi connectivity index (χ0v) is 11.4. The average molecular weight is 256 g/mol. The summed E-state index contributed by atoms with van der Waals surface area (Å²) in [6, 6.07) is 0.242. The molecule has 5 nitrogen and oxygen atoms in total. The third-order valence-electron chi connectivity index (χ3n) is 2.31. The van der Waals surface area contributed by atoms with E-state index in [4.69, 9.17) is 0 Å². The van der Waals surface area contributed by atoms with Crippen molar-refractivity contribution in [1.82, 2.24) is 20.5 Å². The number of hydrogen-bond acceptors (Lipinski definition) is 4. The highest BCUT2D eigenvalue weighted by atomic mass is 32.2. The van der Waals surface area contributed by atoms with Gasteiger partial charge in [-0.2, -0.15) is 0 Å². The molecule has 1 unspecified atom stereocenters. The predicted molar refractivity (Wildman–Crippen MR) is 69.0 cm³/mol. The van der Waals surface area contributed by atoms with Gasteiger partial charge in [0.1, 0.15) is 5.82 Å². The van der Waals surface area contributed by atoms with E-state index < -0.39 is 0 Å². The summed E-state index contributed by atoms with van der Waals surface area (Å²) in [7, 11) is 0. The molecule has 96 valence electrons. The minimum atomic E-state index is 0.0406. The summed E-state index contributed by atoms with van der Waals surface area (Å²) in [6.45, 7) is 6.14. The Labute approximate surface area is 106 Å². The van der Waals surface area contributed by atoms with Crippen molar-refractivity contribution in [2.75, 3.05) is 5.75 Å². The summed E-state index contributed by atoms with van der Waals surface area (Å²) in [6.07, 6.45) is 2.92. The second kappa shape index (κ2) is 7.32. The summed E-state index contributed by atoms with van der Waals surface area (Å²) < 4.78 is 0. The number of thioether (sulfide) groups is 1. The second-order valence-electron chi connectivity index (χ2n) is 3.96. The van der Waals surface area contributed by atoms with Crippen molar-refractivity contribution in [3.8, 4) is 0 Å². The van der Waals surface area contributed by atoms with E-state index in [0.717, 1.165) is 25.1 Å². The molecular formula is C11H20N4OS. The van der Waals surface area contributed by atoms with Crippen molar-refractivity contribution >= 4 is 17.7 Å². The number of H-pyrrole nitrogens is 1. The molecule has 0 bridgehead atoms. The highest BCUT2D eigenvalue weighted by Crippen LogP contribution is 2.11. The van der Waals surface area contributed by atoms with Crippen LogP contribution in [0, 0.1) is 0 Å². The topological polar surface area (TPSA) is 70.7 Å². The van der Waals surface area contributed by atoms with Crippen LogP contribution in [0.1, 0.15) is 39.4 Å². The minimum absolute atomic E-state index is 0.0406. The number of carbonyl (C=O) groups is 1. The number of rotatable bonds is 7. The van der Waals surface area contributed by atoms with Crippen molar-refractivity contribution in [2.24, 2.45) is 0 Å². The first kappa shape index (κ1) is 14.0. The molecule has 1 aromatic rings. The van der Waals surface area contributed by atoms with Gasteiger partial charge in [-0.15, -0.1) is 5.10 Å². The Morgan fingerprint density at radius 2 is 2.29 bits per heavy atom. The van der Waals surface area contributed by atoms with Crippen LogP contribution < -0.4 is 5.32 Å². The first-order chi connectivity index (χ1) is 8.15. The van der Waals surface area contributed by atoms with Crippen molar-refractivity contribution < 1.29 is 4.79 Å². The summed E-state index contributed by atoms with van der Waals surface area (Å²) in [4.78, 5) is 15.8. The molecule has 0 aliphatic heterocycles. The highest BCUT2D eigenvalue weighted by Gasteiger charge is 2.09. The van der Waals surface area contributed by atoms with Gasteiger partial charge in [0.15, 0.2) is 0 Å². The number of aromatic nitrogens is 3. The van der Waals surface area contributed by atoms with Gasteiger partial charge in [0.05, 0.1) is 5.75 Å². The Balaban J connectivity index is 2.27. The maximum Gasteiger partial charge on any atom is 0.230 e. The lowest BCUT2D eigenvalue weighted by atomic mass is 10.2. The van der Waals surface area contributed by atoms with E-state index in [0.29, 0.717) is 10.9 Å². The van der Waals surface area contributed by atoms with E-state index in [9.17, 15) is 4.79 Å². The molecule has 1 atom stereocenters. The van der Waals surface area contributed by atoms with Crippen molar-refractivity contribution in [3.63, 3.8) is 0 Å². The predicted octanol–water partition coefficient (Wildman–Crippen LogP) is 1.76. The molecule has 0 fully saturated rings. The zero-order valence-electron chi connectivity index (χ0n) is 10.6. The van der Waals surface area contributed by atoms with Crippen LogP contribution >= 0.6 is 11.8 Å². The summed E-state index contributed by atoms with van der Waals surface area (Å²) >= 11 is 1.36. The Kier molecular flexibility index (Phi) is 6.04. The van der Waals surface area contributed by atoms with E-state index in [1.165, 1.54) is 11.8 Å². The molecule has 2 N–H and O–H groups in total. The Hall–Kier alpha value is -1.04. The van der Waals surface area contributed by atoms with Crippen LogP contribution in [-0.4, -0.2) is 32.9 Å². The second-order valence-corrected chi connectivity index (χ2v) is 4.91. The van der Waals surface area contributed by atoms with Crippen LogP contribution in [-0.2, 0) is 11.2 Å². The van der Waals surface area contributed by atoms with Gasteiger partial charge in [0.2, 0.25) is 11.1 Å². The zero-order chi connectivity index (χ0) is 12.7. The van der Waals surface area contributed by atoms with Gasteiger partial charge in [0, 0.05) is 12.5 Å². The smallest absolute Gasteiger partial charge is 0.230 e. The number of nitrogens with one attached hydrogen (secondary N) is 2. The monoisotopic (exact) mass is 256 g/mol. The van der Waals surface area contributed by atoms with Gasteiger partial charge >= 0.3 is 0 Å². The number of carbonyl (C=O) groups excluding carboxylic acids is 1. The van der Waals surface area contributed by atoms with Crippen LogP contribution in [0.2, 0.25) is 0 Å². The van der Waals surface area contributed by atoms with Gasteiger partial charge in [0.25, 0.3) is 0 Å². The third-order valence-corrected chi connectivity index (χ3v) is 3.15. The van der Waals surface area contributed by atoms with Crippen LogP contribution in [0.3, 0.4) is 0 Å². The molecule has 1 heterocycles. The van der Waals surface area contributed by atoms with E-state index in [1.54, 1.807) is 0 Å². The number of amides is 1. The molecule has 6 heteroatoms. The quantitative estimate of drug-likeness (QED) is 0.729. The molecule has 1 aromatic heterocycles. The minimum Gasteiger partial charge on any atom is -0.353 e. The summed E-state index contributed by atoms with van der Waals surface area (Å²) in [5, 5.41) is 10.4. The fraction of sp³-hybridized carbons (Fsp3) is 0.727. The van der Waals surface area contributed by atoms with E-state index in [1.807, 2.05) is 13.8 Å². The number of aryl methyl sites for hydroxylation is 1. The van der Waals surface area contributed by atoms with E-state index in [2.05, 4.69) is 27.4 Å². The summed E-state index contributed by atoms with van der Waals surface area (Å²) in [5.74, 6) is 1.26. The molecule has 0 saturated heterocycles. The maximum atomic E-state index is 11.6. The molecule has 0 aliphatic rings. The molecule has 0 aliphatic carbocycles. The molecule has 17 heavy (non-hydrogen) atoms. The van der Waals surface area contributed by atoms with Gasteiger partial charge in [-0.05, 0) is 13.3 Å². The van der Waals surface area contributed by atoms with E-state index in [-0.39, 0.29) is 11.9 Å². The molecule has 1 rings (SSSR count). The maximum absolute atomic E-state index is 11.6. The summed E-state index contributed by atoms with van der Waals surface area (Å²) in [5.41, 5.74) is 0. The normalized spacial score (nSPS) is 12.4. The van der Waals surface area contributed by atoms with Crippen LogP contribution in [0.4, 0.5) is 0 Å². The molecule has 0 saturated carbocycles. The lowest BCUT2D eigenvalue weighted by molar-refractivity contribution is -0.119. The molecule has 0 radical (unpaired) electrons. The SMILES string of the molecule is CCCC(C)NC(=O)CSc1n[nH]c(CC)n1. The molecule has 0 spiro atoms. The van der Waals surface area contributed by atoms with Gasteiger partial charge in [-0.25, -0.2) is 4.98 Å². The van der Waals surface area contributed by atoms with Crippen molar-refractivity contribution in [1.29, 1.82) is 0 Å². The van der Waals surface area contributed by atoms with E-state index >= 15 is 0 Å². The first-order valence-electron chi connectivity index (χ1n) is 5.99. The molecule has 0 aromatic carbocycles. The largest absolute Gasteiger partial charge is 0.353 e. The van der Waals surface area contributed by atoms with Gasteiger partial charge in [-0.3, -0.25) is 9.89 Å². The van der Waals surface area contributed by atoms with Crippen molar-refractivity contribution in [3.05, 3.63) is 5.82 Å². The fourth-order valence-corrected chi connectivity index (χ4v) is 2.08. The van der Waals surface area contributed by atoms with Gasteiger partial charge < -0.3 is 5.32 Å². The lowest BCUT2D eigenvalue weighted by Crippen LogP contribution is -2.33. The number of hydrogen-bond donors (Lipinski definition) is 2. The Morgan fingerprint density at radius 3 is 2.88 bits per heavy atom. The van der Waals surface area contributed by atoms with Crippen LogP contribution in [0.15, 0.2) is 5.16 Å². The Bertz CT molecular complexity index is 353. The van der Waals surface area contributed by atoms with Gasteiger partial charge in [-0.1, -0.05) is 32.0 Å². The standard InChI is InChI=1S/C11H20N4OS/c1-4-6-8(3)12-10(16)7-17-11-13-9(5-2)14-15-11/h8H,4-7H2,1-3H3,(H,12,16)(H,13,14,15). The van der Waals surface area contributed by atoms with Crippen LogP contribution in [0.5, 0.6) is 0 Å².